The van der Waals surface area contributed by atoms with E-state index in [1.54, 1.807) is 13.0 Å². The van der Waals surface area contributed by atoms with Crippen molar-refractivity contribution in [1.82, 2.24) is 10.6 Å². The summed E-state index contributed by atoms with van der Waals surface area (Å²) in [6.07, 6.45) is 0.942. The van der Waals surface area contributed by atoms with Crippen molar-refractivity contribution >= 4 is 23.2 Å². The molecule has 0 spiro atoms. The minimum absolute atomic E-state index is 0.138. The van der Waals surface area contributed by atoms with Crippen LogP contribution in [0.4, 0.5) is 0 Å². The molecule has 1 rings (SSSR count). The summed E-state index contributed by atoms with van der Waals surface area (Å²) in [6, 6.07) is 3.04. The normalized spacial score (nSPS) is 12.2. The molecule has 1 aromatic rings. The maximum Gasteiger partial charge on any atom is 0.261 e. The molecule has 0 aliphatic heterocycles. The Kier molecular flexibility index (Phi) is 5.85. The zero-order valence-corrected chi connectivity index (χ0v) is 11.8. The minimum atomic E-state index is -0.508. The first-order valence-corrected chi connectivity index (χ1v) is 7.00. The number of rotatable bonds is 6. The van der Waals surface area contributed by atoms with E-state index in [0.29, 0.717) is 17.3 Å². The smallest absolute Gasteiger partial charge is 0.261 e. The standard InChI is InChI=1S/C13H20N2O2S/c1-9(2)6-7-14-12(16)10(3)15-13(17)11-5-4-8-18-11/h4-5,8-10H,6-7H2,1-3H3,(H,14,16)(H,15,17). The molecule has 0 bridgehead atoms. The Balaban J connectivity index is 2.33. The van der Waals surface area contributed by atoms with Gasteiger partial charge >= 0.3 is 0 Å². The second-order valence-corrected chi connectivity index (χ2v) is 5.59. The zero-order chi connectivity index (χ0) is 13.5. The van der Waals surface area contributed by atoms with Crippen LogP contribution < -0.4 is 10.6 Å². The molecular formula is C13H20N2O2S. The molecule has 1 unspecified atom stereocenters. The van der Waals surface area contributed by atoms with Crippen LogP contribution in [-0.4, -0.2) is 24.4 Å². The van der Waals surface area contributed by atoms with Crippen LogP contribution in [0.5, 0.6) is 0 Å². The fourth-order valence-corrected chi connectivity index (χ4v) is 2.01. The predicted octanol–water partition coefficient (Wildman–Crippen LogP) is 2.03. The van der Waals surface area contributed by atoms with Gasteiger partial charge in [-0.05, 0) is 30.7 Å². The zero-order valence-electron chi connectivity index (χ0n) is 11.0. The van der Waals surface area contributed by atoms with Gasteiger partial charge < -0.3 is 10.6 Å². The Bertz CT molecular complexity index is 388. The quantitative estimate of drug-likeness (QED) is 0.829. The molecule has 1 aromatic heterocycles. The number of amides is 2. The average molecular weight is 268 g/mol. The number of carbonyl (C=O) groups excluding carboxylic acids is 2. The molecule has 0 saturated heterocycles. The molecule has 18 heavy (non-hydrogen) atoms. The average Bonchev–Trinajstić information content (AvgIpc) is 2.81. The molecule has 2 N–H and O–H groups in total. The molecular weight excluding hydrogens is 248 g/mol. The summed E-state index contributed by atoms with van der Waals surface area (Å²) in [5.74, 6) is 0.221. The van der Waals surface area contributed by atoms with Crippen molar-refractivity contribution in [3.8, 4) is 0 Å². The van der Waals surface area contributed by atoms with Gasteiger partial charge in [0, 0.05) is 6.54 Å². The van der Waals surface area contributed by atoms with E-state index in [-0.39, 0.29) is 11.8 Å². The van der Waals surface area contributed by atoms with E-state index in [2.05, 4.69) is 24.5 Å². The van der Waals surface area contributed by atoms with Crippen LogP contribution in [0.1, 0.15) is 36.9 Å². The Hall–Kier alpha value is -1.36. The summed E-state index contributed by atoms with van der Waals surface area (Å²) < 4.78 is 0. The largest absolute Gasteiger partial charge is 0.354 e. The lowest BCUT2D eigenvalue weighted by Crippen LogP contribution is -2.45. The van der Waals surface area contributed by atoms with Crippen LogP contribution in [-0.2, 0) is 4.79 Å². The lowest BCUT2D eigenvalue weighted by atomic mass is 10.1. The molecule has 4 nitrogen and oxygen atoms in total. The van der Waals surface area contributed by atoms with Gasteiger partial charge in [0.1, 0.15) is 6.04 Å². The maximum absolute atomic E-state index is 11.7. The third-order valence-corrected chi connectivity index (χ3v) is 3.38. The van der Waals surface area contributed by atoms with E-state index in [4.69, 9.17) is 0 Å². The Morgan fingerprint density at radius 2 is 2.06 bits per heavy atom. The second-order valence-electron chi connectivity index (χ2n) is 4.65. The van der Waals surface area contributed by atoms with Gasteiger partial charge in [0.05, 0.1) is 4.88 Å². The van der Waals surface area contributed by atoms with Crippen molar-refractivity contribution in [3.63, 3.8) is 0 Å². The topological polar surface area (TPSA) is 58.2 Å². The van der Waals surface area contributed by atoms with Crippen LogP contribution >= 0.6 is 11.3 Å². The molecule has 0 aliphatic rings. The van der Waals surface area contributed by atoms with Gasteiger partial charge in [-0.3, -0.25) is 9.59 Å². The highest BCUT2D eigenvalue weighted by atomic mass is 32.1. The van der Waals surface area contributed by atoms with Gasteiger partial charge in [0.25, 0.3) is 5.91 Å². The molecule has 1 atom stereocenters. The number of thiophene rings is 1. The molecule has 0 aliphatic carbocycles. The van der Waals surface area contributed by atoms with Crippen molar-refractivity contribution in [3.05, 3.63) is 22.4 Å². The van der Waals surface area contributed by atoms with Crippen molar-refractivity contribution < 1.29 is 9.59 Å². The third-order valence-electron chi connectivity index (χ3n) is 2.51. The summed E-state index contributed by atoms with van der Waals surface area (Å²) in [5, 5.41) is 7.33. The van der Waals surface area contributed by atoms with Crippen molar-refractivity contribution in [2.75, 3.05) is 6.54 Å². The van der Waals surface area contributed by atoms with Gasteiger partial charge in [-0.2, -0.15) is 0 Å². The molecule has 100 valence electrons. The molecule has 1 heterocycles. The molecule has 0 aromatic carbocycles. The molecule has 5 heteroatoms. The fraction of sp³-hybridized carbons (Fsp3) is 0.538. The summed E-state index contributed by atoms with van der Waals surface area (Å²) in [5.41, 5.74) is 0. The van der Waals surface area contributed by atoms with Gasteiger partial charge in [0.15, 0.2) is 0 Å². The Morgan fingerprint density at radius 3 is 2.61 bits per heavy atom. The third kappa shape index (κ3) is 4.87. The summed E-state index contributed by atoms with van der Waals surface area (Å²) in [4.78, 5) is 24.1. The first-order chi connectivity index (χ1) is 8.50. The van der Waals surface area contributed by atoms with Crippen molar-refractivity contribution in [1.29, 1.82) is 0 Å². The maximum atomic E-state index is 11.7. The van der Waals surface area contributed by atoms with E-state index in [1.807, 2.05) is 11.4 Å². The van der Waals surface area contributed by atoms with Gasteiger partial charge in [0.2, 0.25) is 5.91 Å². The summed E-state index contributed by atoms with van der Waals surface area (Å²) in [6.45, 7) is 6.55. The Labute approximate surface area is 112 Å². The van der Waals surface area contributed by atoms with E-state index >= 15 is 0 Å². The molecule has 2 amide bonds. The number of hydrogen-bond donors (Lipinski definition) is 2. The van der Waals surface area contributed by atoms with Crippen LogP contribution in [0.3, 0.4) is 0 Å². The molecule has 0 fully saturated rings. The molecule has 0 saturated carbocycles. The van der Waals surface area contributed by atoms with E-state index < -0.39 is 6.04 Å². The van der Waals surface area contributed by atoms with Crippen LogP contribution in [0, 0.1) is 5.92 Å². The van der Waals surface area contributed by atoms with E-state index in [9.17, 15) is 9.59 Å². The van der Waals surface area contributed by atoms with Crippen LogP contribution in [0.2, 0.25) is 0 Å². The summed E-state index contributed by atoms with van der Waals surface area (Å²) in [7, 11) is 0. The highest BCUT2D eigenvalue weighted by Crippen LogP contribution is 2.08. The monoisotopic (exact) mass is 268 g/mol. The van der Waals surface area contributed by atoms with Gasteiger partial charge in [-0.25, -0.2) is 0 Å². The van der Waals surface area contributed by atoms with Crippen LogP contribution in [0.25, 0.3) is 0 Å². The first-order valence-electron chi connectivity index (χ1n) is 6.12. The van der Waals surface area contributed by atoms with Gasteiger partial charge in [-0.1, -0.05) is 19.9 Å². The number of hydrogen-bond acceptors (Lipinski definition) is 3. The van der Waals surface area contributed by atoms with Crippen molar-refractivity contribution in [2.24, 2.45) is 5.92 Å². The number of nitrogens with one attached hydrogen (secondary N) is 2. The lowest BCUT2D eigenvalue weighted by Gasteiger charge is -2.14. The summed E-state index contributed by atoms with van der Waals surface area (Å²) >= 11 is 1.36. The van der Waals surface area contributed by atoms with Crippen molar-refractivity contribution in [2.45, 2.75) is 33.2 Å². The lowest BCUT2D eigenvalue weighted by molar-refractivity contribution is -0.122. The van der Waals surface area contributed by atoms with E-state index in [1.165, 1.54) is 11.3 Å². The minimum Gasteiger partial charge on any atom is -0.354 e. The molecule has 0 radical (unpaired) electrons. The highest BCUT2D eigenvalue weighted by Gasteiger charge is 2.16. The van der Waals surface area contributed by atoms with Crippen LogP contribution in [0.15, 0.2) is 17.5 Å². The highest BCUT2D eigenvalue weighted by molar-refractivity contribution is 7.12. The first kappa shape index (κ1) is 14.7. The van der Waals surface area contributed by atoms with E-state index in [0.717, 1.165) is 6.42 Å². The number of carbonyl (C=O) groups is 2. The Morgan fingerprint density at radius 1 is 1.33 bits per heavy atom. The fourth-order valence-electron chi connectivity index (χ4n) is 1.38. The predicted molar refractivity (Wildman–Crippen MR) is 73.7 cm³/mol. The van der Waals surface area contributed by atoms with Gasteiger partial charge in [-0.15, -0.1) is 11.3 Å². The second kappa shape index (κ2) is 7.16. The SMILES string of the molecule is CC(C)CCNC(=O)C(C)NC(=O)c1cccs1.